The molecule has 1 atom stereocenters. The first-order chi connectivity index (χ1) is 14.4. The number of nitrogens with zero attached hydrogens (tertiary/aromatic N) is 2. The summed E-state index contributed by atoms with van der Waals surface area (Å²) < 4.78 is 4.95. The minimum Gasteiger partial charge on any atom is -0.490 e. The highest BCUT2D eigenvalue weighted by Crippen LogP contribution is 2.28. The van der Waals surface area contributed by atoms with Gasteiger partial charge in [0, 0.05) is 35.6 Å². The van der Waals surface area contributed by atoms with Gasteiger partial charge in [-0.25, -0.2) is 0 Å². The van der Waals surface area contributed by atoms with Gasteiger partial charge in [-0.1, -0.05) is 0 Å². The topological polar surface area (TPSA) is 96.7 Å². The largest absolute Gasteiger partial charge is 0.490 e. The van der Waals surface area contributed by atoms with Crippen LogP contribution in [-0.4, -0.2) is 35.6 Å². The van der Waals surface area contributed by atoms with Gasteiger partial charge >= 0.3 is 5.69 Å². The summed E-state index contributed by atoms with van der Waals surface area (Å²) in [5.74, 6) is -0.461. The molecule has 2 aromatic rings. The molecule has 0 saturated carbocycles. The van der Waals surface area contributed by atoms with Crippen LogP contribution in [-0.2, 0) is 0 Å². The van der Waals surface area contributed by atoms with Gasteiger partial charge in [0.15, 0.2) is 10.9 Å². The second kappa shape index (κ2) is 9.53. The van der Waals surface area contributed by atoms with E-state index in [1.807, 2.05) is 24.3 Å². The SMILES string of the molecule is COc1ccc(C(=O)NC(=S)Nc2ccc(N3CCCC[C@@H]3C)cc2)cc1[N+](=O)[O-]. The van der Waals surface area contributed by atoms with Crippen LogP contribution in [0.5, 0.6) is 5.75 Å². The summed E-state index contributed by atoms with van der Waals surface area (Å²) in [4.78, 5) is 25.3. The van der Waals surface area contributed by atoms with Crippen molar-refractivity contribution in [2.45, 2.75) is 32.2 Å². The van der Waals surface area contributed by atoms with E-state index in [-0.39, 0.29) is 22.1 Å². The van der Waals surface area contributed by atoms with Crippen LogP contribution in [0.1, 0.15) is 36.5 Å². The molecule has 1 saturated heterocycles. The molecule has 0 radical (unpaired) electrons. The first kappa shape index (κ1) is 21.5. The Morgan fingerprint density at radius 3 is 2.60 bits per heavy atom. The van der Waals surface area contributed by atoms with Crippen molar-refractivity contribution in [3.8, 4) is 5.75 Å². The smallest absolute Gasteiger partial charge is 0.311 e. The fourth-order valence-electron chi connectivity index (χ4n) is 3.53. The number of nitrogens with one attached hydrogen (secondary N) is 2. The number of ether oxygens (including phenoxy) is 1. The van der Waals surface area contributed by atoms with E-state index < -0.39 is 10.8 Å². The maximum absolute atomic E-state index is 12.4. The number of thiocarbonyl (C=S) groups is 1. The van der Waals surface area contributed by atoms with Crippen molar-refractivity contribution in [3.05, 3.63) is 58.1 Å². The number of carbonyl (C=O) groups excluding carboxylic acids is 1. The molecule has 0 bridgehead atoms. The van der Waals surface area contributed by atoms with Gasteiger partial charge in [-0.05, 0) is 74.8 Å². The van der Waals surface area contributed by atoms with Gasteiger partial charge in [0.25, 0.3) is 5.91 Å². The van der Waals surface area contributed by atoms with E-state index >= 15 is 0 Å². The Labute approximate surface area is 180 Å². The van der Waals surface area contributed by atoms with Crippen LogP contribution in [0.4, 0.5) is 17.1 Å². The number of carbonyl (C=O) groups is 1. The minimum atomic E-state index is -0.600. The average molecular weight is 429 g/mol. The number of methoxy groups -OCH3 is 1. The Balaban J connectivity index is 1.62. The third kappa shape index (κ3) is 5.04. The van der Waals surface area contributed by atoms with Gasteiger partial charge in [0.2, 0.25) is 0 Å². The van der Waals surface area contributed by atoms with Gasteiger partial charge in [-0.2, -0.15) is 0 Å². The second-order valence-electron chi connectivity index (χ2n) is 7.14. The van der Waals surface area contributed by atoms with Crippen molar-refractivity contribution in [2.24, 2.45) is 0 Å². The zero-order chi connectivity index (χ0) is 21.7. The molecule has 1 aliphatic rings. The van der Waals surface area contributed by atoms with E-state index in [1.165, 1.54) is 38.5 Å². The van der Waals surface area contributed by atoms with Crippen LogP contribution in [0.15, 0.2) is 42.5 Å². The molecule has 2 aromatic carbocycles. The van der Waals surface area contributed by atoms with E-state index in [0.29, 0.717) is 6.04 Å². The normalized spacial score (nSPS) is 15.9. The molecule has 8 nitrogen and oxygen atoms in total. The Hall–Kier alpha value is -3.20. The minimum absolute atomic E-state index is 0.0837. The highest BCUT2D eigenvalue weighted by atomic mass is 32.1. The summed E-state index contributed by atoms with van der Waals surface area (Å²) >= 11 is 5.21. The molecule has 1 heterocycles. The summed E-state index contributed by atoms with van der Waals surface area (Å²) in [5, 5.41) is 16.7. The van der Waals surface area contributed by atoms with Crippen LogP contribution < -0.4 is 20.3 Å². The van der Waals surface area contributed by atoms with Crippen molar-refractivity contribution >= 4 is 40.3 Å². The molecule has 0 spiro atoms. The fourth-order valence-corrected chi connectivity index (χ4v) is 3.74. The number of nitro benzene ring substituents is 1. The number of hydrogen-bond acceptors (Lipinski definition) is 6. The molecule has 1 amide bonds. The van der Waals surface area contributed by atoms with E-state index in [9.17, 15) is 14.9 Å². The Bertz CT molecular complexity index is 949. The number of anilines is 2. The highest BCUT2D eigenvalue weighted by Gasteiger charge is 2.20. The van der Waals surface area contributed by atoms with Crippen LogP contribution >= 0.6 is 12.2 Å². The van der Waals surface area contributed by atoms with E-state index in [1.54, 1.807) is 0 Å². The molecule has 30 heavy (non-hydrogen) atoms. The van der Waals surface area contributed by atoms with Crippen molar-refractivity contribution in [3.63, 3.8) is 0 Å². The Kier molecular flexibility index (Phi) is 6.83. The molecule has 2 N–H and O–H groups in total. The quantitative estimate of drug-likeness (QED) is 0.420. The summed E-state index contributed by atoms with van der Waals surface area (Å²) in [7, 11) is 1.33. The van der Waals surface area contributed by atoms with Gasteiger partial charge in [-0.3, -0.25) is 20.2 Å². The van der Waals surface area contributed by atoms with Gasteiger partial charge in [-0.15, -0.1) is 0 Å². The summed E-state index contributed by atoms with van der Waals surface area (Å²) in [6.07, 6.45) is 3.66. The molecule has 1 aliphatic heterocycles. The Morgan fingerprint density at radius 2 is 1.97 bits per heavy atom. The van der Waals surface area contributed by atoms with Gasteiger partial charge < -0.3 is 15.0 Å². The molecule has 0 unspecified atom stereocenters. The summed E-state index contributed by atoms with van der Waals surface area (Å²) in [5.41, 5.74) is 1.73. The molecular formula is C21H24N4O4S. The standard InChI is InChI=1S/C21H24N4O4S/c1-14-5-3-4-12-24(14)17-9-7-16(8-10-17)22-21(30)23-20(26)15-6-11-19(29-2)18(13-15)25(27)28/h6-11,13-14H,3-5,12H2,1-2H3,(H2,22,23,26,30)/t14-/m0/s1. The monoisotopic (exact) mass is 428 g/mol. The second-order valence-corrected chi connectivity index (χ2v) is 7.55. The number of rotatable bonds is 5. The van der Waals surface area contributed by atoms with E-state index in [4.69, 9.17) is 17.0 Å². The maximum Gasteiger partial charge on any atom is 0.311 e. The van der Waals surface area contributed by atoms with Crippen LogP contribution in [0, 0.1) is 10.1 Å². The van der Waals surface area contributed by atoms with Crippen molar-refractivity contribution in [1.29, 1.82) is 0 Å². The number of nitro groups is 1. The maximum atomic E-state index is 12.4. The van der Waals surface area contributed by atoms with Crippen LogP contribution in [0.3, 0.4) is 0 Å². The lowest BCUT2D eigenvalue weighted by atomic mass is 10.0. The molecule has 0 aromatic heterocycles. The van der Waals surface area contributed by atoms with Crippen molar-refractivity contribution in [2.75, 3.05) is 23.9 Å². The highest BCUT2D eigenvalue weighted by molar-refractivity contribution is 7.80. The van der Waals surface area contributed by atoms with Crippen LogP contribution in [0.25, 0.3) is 0 Å². The summed E-state index contributed by atoms with van der Waals surface area (Å²) in [6, 6.07) is 12.4. The summed E-state index contributed by atoms with van der Waals surface area (Å²) in [6.45, 7) is 3.29. The lowest BCUT2D eigenvalue weighted by Gasteiger charge is -2.35. The van der Waals surface area contributed by atoms with Gasteiger partial charge in [0.05, 0.1) is 12.0 Å². The predicted molar refractivity (Wildman–Crippen MR) is 120 cm³/mol. The molecule has 0 aliphatic carbocycles. The lowest BCUT2D eigenvalue weighted by molar-refractivity contribution is -0.385. The Morgan fingerprint density at radius 1 is 1.23 bits per heavy atom. The third-order valence-corrected chi connectivity index (χ3v) is 5.33. The molecule has 158 valence electrons. The molecule has 9 heteroatoms. The first-order valence-corrected chi connectivity index (χ1v) is 10.1. The molecule has 1 fully saturated rings. The number of hydrogen-bond donors (Lipinski definition) is 2. The van der Waals surface area contributed by atoms with Crippen LogP contribution in [0.2, 0.25) is 0 Å². The number of piperidine rings is 1. The first-order valence-electron chi connectivity index (χ1n) is 9.70. The fraction of sp³-hybridized carbons (Fsp3) is 0.333. The lowest BCUT2D eigenvalue weighted by Crippen LogP contribution is -2.37. The molecular weight excluding hydrogens is 404 g/mol. The van der Waals surface area contributed by atoms with E-state index in [0.717, 1.165) is 24.0 Å². The number of benzene rings is 2. The average Bonchev–Trinajstić information content (AvgIpc) is 2.74. The van der Waals surface area contributed by atoms with Crippen molar-refractivity contribution in [1.82, 2.24) is 5.32 Å². The van der Waals surface area contributed by atoms with E-state index in [2.05, 4.69) is 22.5 Å². The van der Waals surface area contributed by atoms with Crippen molar-refractivity contribution < 1.29 is 14.5 Å². The number of amides is 1. The molecule has 3 rings (SSSR count). The predicted octanol–water partition coefficient (Wildman–Crippen LogP) is 4.11. The van der Waals surface area contributed by atoms with Gasteiger partial charge in [0.1, 0.15) is 0 Å². The third-order valence-electron chi connectivity index (χ3n) is 5.12. The zero-order valence-electron chi connectivity index (χ0n) is 16.9. The zero-order valence-corrected chi connectivity index (χ0v) is 17.7.